The van der Waals surface area contributed by atoms with Gasteiger partial charge >= 0.3 is 0 Å². The molecule has 1 aromatic heterocycles. The molecule has 37 heavy (non-hydrogen) atoms. The number of thioether (sulfide) groups is 1. The van der Waals surface area contributed by atoms with Gasteiger partial charge in [-0.05, 0) is 44.0 Å². The lowest BCUT2D eigenvalue weighted by molar-refractivity contribution is -0.122. The molecule has 1 aromatic carbocycles. The first kappa shape index (κ1) is 27.0. The molecule has 2 fully saturated rings. The third-order valence-electron chi connectivity index (χ3n) is 7.00. The summed E-state index contributed by atoms with van der Waals surface area (Å²) < 4.78 is 2.24. The molecule has 194 valence electrons. The van der Waals surface area contributed by atoms with E-state index in [1.165, 1.54) is 17.4 Å². The number of amides is 1. The Morgan fingerprint density at radius 2 is 1.73 bits per heavy atom. The van der Waals surface area contributed by atoms with Crippen LogP contribution in [0.25, 0.3) is 6.08 Å². The molecule has 1 amide bonds. The molecular weight excluding hydrogens is 502 g/mol. The van der Waals surface area contributed by atoms with E-state index in [-0.39, 0.29) is 17.0 Å². The number of carbonyl (C=O) groups excluding carboxylic acids is 1. The first-order valence-electron chi connectivity index (χ1n) is 12.9. The van der Waals surface area contributed by atoms with E-state index in [0.29, 0.717) is 27.9 Å². The molecule has 0 unspecified atom stereocenters. The van der Waals surface area contributed by atoms with E-state index >= 15 is 0 Å². The Bertz CT molecular complexity index is 1300. The van der Waals surface area contributed by atoms with E-state index < -0.39 is 0 Å². The largest absolute Gasteiger partial charge is 0.368 e. The van der Waals surface area contributed by atoms with Crippen LogP contribution in [-0.2, 0) is 11.3 Å². The highest BCUT2D eigenvalue weighted by Gasteiger charge is 2.33. The molecule has 0 aliphatic carbocycles. The van der Waals surface area contributed by atoms with Gasteiger partial charge in [0.1, 0.15) is 21.8 Å². The number of anilines is 2. The quantitative estimate of drug-likeness (QED) is 0.274. The van der Waals surface area contributed by atoms with Gasteiger partial charge in [0.05, 0.1) is 4.91 Å². The van der Waals surface area contributed by atoms with Gasteiger partial charge in [0, 0.05) is 50.5 Å². The van der Waals surface area contributed by atoms with Crippen molar-refractivity contribution in [3.8, 4) is 6.07 Å². The second-order valence-electron chi connectivity index (χ2n) is 9.25. The average Bonchev–Trinajstić information content (AvgIpc) is 3.18. The molecule has 3 heterocycles. The number of hydrogen-bond donors (Lipinski definition) is 0. The van der Waals surface area contributed by atoms with Crippen LogP contribution in [0.15, 0.2) is 40.0 Å². The smallest absolute Gasteiger partial charge is 0.270 e. The summed E-state index contributed by atoms with van der Waals surface area (Å²) in [4.78, 5) is 33.3. The van der Waals surface area contributed by atoms with Gasteiger partial charge in [0.2, 0.25) is 0 Å². The van der Waals surface area contributed by atoms with Crippen LogP contribution in [0.5, 0.6) is 0 Å². The molecule has 0 saturated carbocycles. The Morgan fingerprint density at radius 3 is 2.35 bits per heavy atom. The highest BCUT2D eigenvalue weighted by molar-refractivity contribution is 8.26. The first-order valence-corrected chi connectivity index (χ1v) is 14.1. The fourth-order valence-corrected chi connectivity index (χ4v) is 6.23. The van der Waals surface area contributed by atoms with Crippen molar-refractivity contribution >= 4 is 51.8 Å². The molecule has 2 aliphatic heterocycles. The minimum Gasteiger partial charge on any atom is -0.368 e. The van der Waals surface area contributed by atoms with Crippen LogP contribution in [0.1, 0.15) is 49.8 Å². The van der Waals surface area contributed by atoms with E-state index in [1.54, 1.807) is 16.4 Å². The van der Waals surface area contributed by atoms with Crippen molar-refractivity contribution in [3.05, 3.63) is 62.3 Å². The van der Waals surface area contributed by atoms with E-state index in [0.717, 1.165) is 56.8 Å². The molecule has 4 rings (SSSR count). The van der Waals surface area contributed by atoms with Crippen LogP contribution in [0.3, 0.4) is 0 Å². The number of nitrogens with zero attached hydrogens (tertiary/aromatic N) is 5. The van der Waals surface area contributed by atoms with Gasteiger partial charge < -0.3 is 9.80 Å². The lowest BCUT2D eigenvalue weighted by Crippen LogP contribution is -2.48. The average molecular weight is 536 g/mol. The Labute approximate surface area is 228 Å². The van der Waals surface area contributed by atoms with E-state index in [4.69, 9.17) is 12.2 Å². The number of thiocarbonyl (C=S) groups is 1. The number of nitriles is 1. The van der Waals surface area contributed by atoms with Gasteiger partial charge in [-0.25, -0.2) is 0 Å². The molecule has 0 atom stereocenters. The Morgan fingerprint density at radius 1 is 1.05 bits per heavy atom. The monoisotopic (exact) mass is 535 g/mol. The first-order chi connectivity index (χ1) is 17.9. The summed E-state index contributed by atoms with van der Waals surface area (Å²) in [7, 11) is 0. The van der Waals surface area contributed by atoms with Crippen molar-refractivity contribution in [2.75, 3.05) is 42.5 Å². The number of unbranched alkanes of at least 4 members (excludes halogenated alkanes) is 2. The highest BCUT2D eigenvalue weighted by atomic mass is 32.2. The minimum absolute atomic E-state index is 0.0990. The summed E-state index contributed by atoms with van der Waals surface area (Å²) in [5.41, 5.74) is 2.37. The number of aromatic nitrogens is 1. The topological polar surface area (TPSA) is 72.6 Å². The van der Waals surface area contributed by atoms with Crippen molar-refractivity contribution < 1.29 is 4.79 Å². The Balaban J connectivity index is 1.73. The van der Waals surface area contributed by atoms with Crippen LogP contribution in [-0.4, -0.2) is 52.4 Å². The molecule has 9 heteroatoms. The van der Waals surface area contributed by atoms with Crippen molar-refractivity contribution in [1.82, 2.24) is 9.47 Å². The Hall–Kier alpha value is -3.09. The van der Waals surface area contributed by atoms with Crippen LogP contribution in [0.4, 0.5) is 11.5 Å². The second kappa shape index (κ2) is 12.0. The number of hydrogen-bond acceptors (Lipinski definition) is 7. The lowest BCUT2D eigenvalue weighted by Gasteiger charge is -2.39. The summed E-state index contributed by atoms with van der Waals surface area (Å²) in [6.45, 7) is 9.94. The molecule has 0 N–H and O–H groups in total. The maximum Gasteiger partial charge on any atom is 0.270 e. The van der Waals surface area contributed by atoms with Crippen LogP contribution in [0, 0.1) is 18.3 Å². The molecular formula is C28H33N5O2S2. The van der Waals surface area contributed by atoms with Crippen molar-refractivity contribution in [1.29, 1.82) is 5.26 Å². The number of benzene rings is 1. The number of piperazine rings is 1. The number of para-hydroxylation sites is 1. The second-order valence-corrected chi connectivity index (χ2v) is 10.9. The van der Waals surface area contributed by atoms with Crippen LogP contribution in [0.2, 0.25) is 0 Å². The molecule has 0 bridgehead atoms. The predicted octanol–water partition coefficient (Wildman–Crippen LogP) is 4.77. The normalized spacial score (nSPS) is 17.1. The van der Waals surface area contributed by atoms with E-state index in [2.05, 4.69) is 34.9 Å². The SMILES string of the molecule is CCCCCN1C(=O)C(=Cc2c(C)c(C#N)c(=O)n(CC)c2N2CCN(c3ccccc3)CC2)SC1=S. The highest BCUT2D eigenvalue weighted by Crippen LogP contribution is 2.36. The van der Waals surface area contributed by atoms with Crippen LogP contribution >= 0.6 is 24.0 Å². The molecule has 2 aliphatic rings. The summed E-state index contributed by atoms with van der Waals surface area (Å²) >= 11 is 6.83. The van der Waals surface area contributed by atoms with Crippen molar-refractivity contribution in [2.45, 2.75) is 46.6 Å². The van der Waals surface area contributed by atoms with E-state index in [1.807, 2.05) is 31.2 Å². The third kappa shape index (κ3) is 5.46. The van der Waals surface area contributed by atoms with Crippen molar-refractivity contribution in [2.24, 2.45) is 0 Å². The van der Waals surface area contributed by atoms with Gasteiger partial charge in [0.25, 0.3) is 11.5 Å². The zero-order valence-electron chi connectivity index (χ0n) is 21.7. The molecule has 0 spiro atoms. The molecule has 2 saturated heterocycles. The Kier molecular flexibility index (Phi) is 8.72. The van der Waals surface area contributed by atoms with Gasteiger partial charge in [-0.3, -0.25) is 19.1 Å². The summed E-state index contributed by atoms with van der Waals surface area (Å²) in [5, 5.41) is 9.82. The van der Waals surface area contributed by atoms with Crippen LogP contribution < -0.4 is 15.4 Å². The minimum atomic E-state index is -0.285. The fourth-order valence-electron chi connectivity index (χ4n) is 4.94. The number of pyridine rings is 1. The molecule has 2 aromatic rings. The summed E-state index contributed by atoms with van der Waals surface area (Å²) in [6, 6.07) is 12.4. The van der Waals surface area contributed by atoms with Gasteiger partial charge in [-0.2, -0.15) is 5.26 Å². The summed E-state index contributed by atoms with van der Waals surface area (Å²) in [6.07, 6.45) is 4.87. The fraction of sp³-hybridized carbons (Fsp3) is 0.429. The maximum absolute atomic E-state index is 13.3. The molecule has 0 radical (unpaired) electrons. The van der Waals surface area contributed by atoms with Gasteiger partial charge in [-0.1, -0.05) is 61.9 Å². The summed E-state index contributed by atoms with van der Waals surface area (Å²) in [5.74, 6) is 0.672. The zero-order chi connectivity index (χ0) is 26.5. The predicted molar refractivity (Wildman–Crippen MR) is 156 cm³/mol. The van der Waals surface area contributed by atoms with E-state index in [9.17, 15) is 14.9 Å². The lowest BCUT2D eigenvalue weighted by atomic mass is 10.0. The van der Waals surface area contributed by atoms with Gasteiger partial charge in [0.15, 0.2) is 0 Å². The molecule has 7 nitrogen and oxygen atoms in total. The number of carbonyl (C=O) groups is 1. The third-order valence-corrected chi connectivity index (χ3v) is 8.38. The zero-order valence-corrected chi connectivity index (χ0v) is 23.3. The van der Waals surface area contributed by atoms with Gasteiger partial charge in [-0.15, -0.1) is 0 Å². The van der Waals surface area contributed by atoms with Crippen molar-refractivity contribution in [3.63, 3.8) is 0 Å². The number of rotatable bonds is 8. The maximum atomic E-state index is 13.3. The standard InChI is InChI=1S/C28H33N5O2S2/c1-4-6-10-13-33-27(35)24(37-28(33)36)18-22-20(3)23(19-29)26(34)32(5-2)25(22)31-16-14-30(15-17-31)21-11-8-7-9-12-21/h7-9,11-12,18H,4-6,10,13-17H2,1-3H3.